The summed E-state index contributed by atoms with van der Waals surface area (Å²) < 4.78 is 62.1. The van der Waals surface area contributed by atoms with Crippen LogP contribution >= 0.6 is 23.2 Å². The molecule has 0 spiro atoms. The summed E-state index contributed by atoms with van der Waals surface area (Å²) in [5, 5.41) is 19.7. The van der Waals surface area contributed by atoms with Gasteiger partial charge in [0.2, 0.25) is 0 Å². The average molecular weight is 1310 g/mol. The van der Waals surface area contributed by atoms with Gasteiger partial charge in [0.15, 0.2) is 10.1 Å². The number of anilines is 4. The first kappa shape index (κ1) is 72.5. The zero-order chi connectivity index (χ0) is 65.5. The van der Waals surface area contributed by atoms with Crippen LogP contribution in [0.4, 0.5) is 23.3 Å². The third kappa shape index (κ3) is 23.3. The quantitative estimate of drug-likeness (QED) is 0.0304. The monoisotopic (exact) mass is 1310 g/mol. The van der Waals surface area contributed by atoms with Gasteiger partial charge < -0.3 is 25.2 Å². The summed E-state index contributed by atoms with van der Waals surface area (Å²) in [7, 11) is -8.02. The van der Waals surface area contributed by atoms with Crippen LogP contribution in [0.3, 0.4) is 0 Å². The number of nitrogens with one attached hydrogen (secondary N) is 3. The summed E-state index contributed by atoms with van der Waals surface area (Å²) >= 11 is 12.2. The van der Waals surface area contributed by atoms with Gasteiger partial charge in [0.25, 0.3) is 37.8 Å². The van der Waals surface area contributed by atoms with Crippen LogP contribution < -0.4 is 30.3 Å². The van der Waals surface area contributed by atoms with Crippen molar-refractivity contribution in [3.05, 3.63) is 82.1 Å². The van der Waals surface area contributed by atoms with Gasteiger partial charge in [-0.25, -0.2) is 43.0 Å². The van der Waals surface area contributed by atoms with E-state index in [2.05, 4.69) is 99.8 Å². The molecule has 0 aromatic carbocycles. The highest BCUT2D eigenvalue weighted by Crippen LogP contribution is 2.44. The molecule has 2 saturated heterocycles. The smallest absolute Gasteiger partial charge is 0.338 e. The average Bonchev–Trinajstić information content (AvgIpc) is 3.90. The standard InChI is InChI=1S/C32H46ClN5O5S.C17H23ClN2O4.C15H25N3O2S/c1-31(2,3)16-8-20-43-24-15-19-38(30(24)40)26-13-12-23(28(33)36-26)29(39)37-44(41,42)27-11-6-10-25(35-27)34-18-7-9-22-14-17-32(4,5)21-22;1-17(2,3)8-4-10-24-12-7-9-20(15(12)21)13-6-5-11(16(22)23)14(18)19-13;1-15(2)9-8-12(11-15)5-4-10-17-13-6-3-7-14(18-13)21(16,19)20/h6,10-13,22,24H,7-9,14-21H2,1-5H3,(H,34,35)(H,37,39);5-6,12H,4,7-10H2,1-3H3,(H,22,23);3,6-7,12H,4-5,8-11H2,1-2H3,(H,17,18)(H2,16,19,20)/t22-,24?;;12-/m1.1/s1. The molecule has 4 aromatic rings. The number of primary sulfonamides is 1. The molecular formula is C64H94Cl2N10O11S2. The predicted octanol–water partition coefficient (Wildman–Crippen LogP) is 12.3. The highest BCUT2D eigenvalue weighted by atomic mass is 35.5. The minimum atomic E-state index is -4.28. The van der Waals surface area contributed by atoms with Crippen molar-refractivity contribution in [1.82, 2.24) is 24.7 Å². The Morgan fingerprint density at radius 3 is 1.45 bits per heavy atom. The van der Waals surface area contributed by atoms with Crippen molar-refractivity contribution < 1.29 is 50.6 Å². The molecule has 0 bridgehead atoms. The van der Waals surface area contributed by atoms with Crippen molar-refractivity contribution in [1.29, 1.82) is 0 Å². The van der Waals surface area contributed by atoms with Crippen LogP contribution in [0.1, 0.15) is 193 Å². The van der Waals surface area contributed by atoms with Gasteiger partial charge in [-0.2, -0.15) is 8.42 Å². The lowest BCUT2D eigenvalue weighted by Gasteiger charge is -2.19. The van der Waals surface area contributed by atoms with E-state index in [-0.39, 0.29) is 59.9 Å². The third-order valence-corrected chi connectivity index (χ3v) is 19.0. The number of pyridine rings is 4. The van der Waals surface area contributed by atoms with Crippen molar-refractivity contribution in [2.24, 2.45) is 38.6 Å². The molecular weight excluding hydrogens is 1220 g/mol. The molecule has 89 heavy (non-hydrogen) atoms. The number of halogens is 2. The van der Waals surface area contributed by atoms with Crippen LogP contribution in [-0.2, 0) is 39.1 Å². The van der Waals surface area contributed by atoms with Crippen LogP contribution in [0.25, 0.3) is 0 Å². The van der Waals surface area contributed by atoms with E-state index in [4.69, 9.17) is 42.9 Å². The van der Waals surface area contributed by atoms with Gasteiger partial charge >= 0.3 is 5.97 Å². The number of rotatable bonds is 25. The van der Waals surface area contributed by atoms with Crippen molar-refractivity contribution >= 4 is 90.2 Å². The Balaban J connectivity index is 0.000000235. The molecule has 21 nitrogen and oxygen atoms in total. The zero-order valence-electron chi connectivity index (χ0n) is 53.5. The Hall–Kier alpha value is -5.56. The summed E-state index contributed by atoms with van der Waals surface area (Å²) in [4.78, 5) is 68.7. The Bertz CT molecular complexity index is 3300. The number of carboxylic acids is 1. The molecule has 2 aliphatic carbocycles. The molecule has 4 fully saturated rings. The number of hydrogen-bond donors (Lipinski definition) is 5. The topological polar surface area (TPSA) is 295 Å². The first-order valence-corrected chi connectivity index (χ1v) is 34.8. The molecule has 2 saturated carbocycles. The molecule has 4 aromatic heterocycles. The molecule has 492 valence electrons. The van der Waals surface area contributed by atoms with Gasteiger partial charge in [-0.15, -0.1) is 0 Å². The summed E-state index contributed by atoms with van der Waals surface area (Å²) in [5.74, 6) is 0.707. The van der Waals surface area contributed by atoms with Crippen LogP contribution in [0.15, 0.2) is 70.7 Å². The predicted molar refractivity (Wildman–Crippen MR) is 348 cm³/mol. The molecule has 4 atom stereocenters. The van der Waals surface area contributed by atoms with E-state index in [1.54, 1.807) is 24.3 Å². The van der Waals surface area contributed by atoms with Crippen LogP contribution in [-0.4, -0.2) is 117 Å². The Morgan fingerprint density at radius 1 is 0.629 bits per heavy atom. The van der Waals surface area contributed by atoms with Gasteiger partial charge in [-0.1, -0.05) is 105 Å². The van der Waals surface area contributed by atoms with Crippen LogP contribution in [0, 0.1) is 33.5 Å². The minimum absolute atomic E-state index is 0.0814. The van der Waals surface area contributed by atoms with E-state index in [1.165, 1.54) is 91.1 Å². The highest BCUT2D eigenvalue weighted by molar-refractivity contribution is 7.90. The molecule has 25 heteroatoms. The molecule has 8 rings (SSSR count). The summed E-state index contributed by atoms with van der Waals surface area (Å²) in [6.45, 7) is 25.7. The second-order valence-corrected chi connectivity index (χ2v) is 31.7. The number of carboxylic acid groups (broad SMARTS) is 1. The lowest BCUT2D eigenvalue weighted by Crippen LogP contribution is -2.33. The molecule has 6 heterocycles. The lowest BCUT2D eigenvalue weighted by atomic mass is 9.89. The van der Waals surface area contributed by atoms with E-state index >= 15 is 0 Å². The van der Waals surface area contributed by atoms with Crippen molar-refractivity contribution in [2.45, 2.75) is 194 Å². The first-order valence-electron chi connectivity index (χ1n) is 31.0. The number of nitrogens with two attached hydrogens (primary N) is 1. The summed E-state index contributed by atoms with van der Waals surface area (Å²) in [5.41, 5.74) is 1.16. The molecule has 3 amide bonds. The highest BCUT2D eigenvalue weighted by Gasteiger charge is 2.37. The Morgan fingerprint density at radius 2 is 1.06 bits per heavy atom. The third-order valence-electron chi connectivity index (χ3n) is 16.4. The van der Waals surface area contributed by atoms with Gasteiger partial charge in [0, 0.05) is 52.2 Å². The molecule has 2 unspecified atom stereocenters. The Kier molecular flexibility index (Phi) is 25.8. The molecule has 2 aliphatic heterocycles. The lowest BCUT2D eigenvalue weighted by molar-refractivity contribution is -0.127. The zero-order valence-corrected chi connectivity index (χ0v) is 56.6. The fourth-order valence-electron chi connectivity index (χ4n) is 11.6. The second kappa shape index (κ2) is 31.6. The summed E-state index contributed by atoms with van der Waals surface area (Å²) in [6, 6.07) is 15.1. The van der Waals surface area contributed by atoms with E-state index in [9.17, 15) is 36.0 Å². The minimum Gasteiger partial charge on any atom is -0.478 e. The van der Waals surface area contributed by atoms with Gasteiger partial charge in [0.1, 0.15) is 45.8 Å². The number of aromatic carboxylic acids is 1. The first-order chi connectivity index (χ1) is 41.6. The van der Waals surface area contributed by atoms with E-state index < -0.39 is 44.1 Å². The number of carbonyl (C=O) groups is 4. The van der Waals surface area contributed by atoms with E-state index in [1.807, 2.05) is 4.72 Å². The number of amides is 3. The number of hydrogen-bond acceptors (Lipinski definition) is 16. The van der Waals surface area contributed by atoms with E-state index in [0.717, 1.165) is 63.3 Å². The number of ether oxygens (including phenoxy) is 2. The Labute approximate surface area is 537 Å². The number of nitrogens with zero attached hydrogens (tertiary/aromatic N) is 6. The number of carbonyl (C=O) groups excluding carboxylic acids is 3. The molecule has 0 radical (unpaired) electrons. The van der Waals surface area contributed by atoms with Crippen molar-refractivity contribution in [2.75, 3.05) is 59.8 Å². The maximum Gasteiger partial charge on any atom is 0.338 e. The SMILES string of the molecule is CC(C)(C)CCCOC1CCN(c2ccc(C(=O)NS(=O)(=O)c3cccc(NCCC[C@@H]4CCC(C)(C)C4)n3)c(Cl)n2)C1=O.CC(C)(C)CCCOC1CCN(c2ccc(C(=O)O)c(Cl)n2)C1=O.CC1(C)CC[C@@H](CCCNc2cccc(S(N)(=O)=O)n2)C1. The normalized spacial score (nSPS) is 20.0. The summed E-state index contributed by atoms with van der Waals surface area (Å²) in [6.07, 6.45) is 16.0. The molecule has 4 aliphatic rings. The fraction of sp³-hybridized carbons (Fsp3) is 0.625. The fourth-order valence-corrected chi connectivity index (χ4v) is 13.5. The second-order valence-electron chi connectivity index (χ2n) is 27.8. The number of sulfonamides is 2. The maximum absolute atomic E-state index is 13.0. The van der Waals surface area contributed by atoms with Gasteiger partial charge in [-0.05, 0) is 172 Å². The largest absolute Gasteiger partial charge is 0.478 e. The molecule has 6 N–H and O–H groups in total. The maximum atomic E-state index is 13.0. The van der Waals surface area contributed by atoms with Crippen molar-refractivity contribution in [3.8, 4) is 0 Å². The van der Waals surface area contributed by atoms with Gasteiger partial charge in [-0.3, -0.25) is 24.2 Å². The van der Waals surface area contributed by atoms with Crippen molar-refractivity contribution in [3.63, 3.8) is 0 Å². The number of aromatic nitrogens is 4. The van der Waals surface area contributed by atoms with Crippen LogP contribution in [0.5, 0.6) is 0 Å². The van der Waals surface area contributed by atoms with E-state index in [0.29, 0.717) is 74.0 Å². The van der Waals surface area contributed by atoms with Gasteiger partial charge in [0.05, 0.1) is 11.1 Å². The van der Waals surface area contributed by atoms with Crippen LogP contribution in [0.2, 0.25) is 10.3 Å².